The number of pyridine rings is 1. The SMILES string of the molecule is CC(=O)c1cccnc1N1CCCC(C)(O)CC1. The number of ketones is 1. The van der Waals surface area contributed by atoms with Crippen LogP contribution in [0.2, 0.25) is 0 Å². The van der Waals surface area contributed by atoms with Gasteiger partial charge in [0.15, 0.2) is 5.78 Å². The second-order valence-corrected chi connectivity index (χ2v) is 5.27. The molecule has 1 fully saturated rings. The molecule has 1 unspecified atom stereocenters. The number of aromatic nitrogens is 1. The van der Waals surface area contributed by atoms with Gasteiger partial charge in [0, 0.05) is 19.3 Å². The Balaban J connectivity index is 2.24. The lowest BCUT2D eigenvalue weighted by Crippen LogP contribution is -2.29. The molecule has 0 saturated carbocycles. The van der Waals surface area contributed by atoms with E-state index in [0.29, 0.717) is 12.0 Å². The van der Waals surface area contributed by atoms with Crippen molar-refractivity contribution < 1.29 is 9.90 Å². The van der Waals surface area contributed by atoms with Crippen LogP contribution in [0.4, 0.5) is 5.82 Å². The summed E-state index contributed by atoms with van der Waals surface area (Å²) in [7, 11) is 0. The summed E-state index contributed by atoms with van der Waals surface area (Å²) in [6.07, 6.45) is 4.14. The molecule has 0 radical (unpaired) electrons. The Kier molecular flexibility index (Phi) is 3.66. The van der Waals surface area contributed by atoms with E-state index in [9.17, 15) is 9.90 Å². The number of rotatable bonds is 2. The van der Waals surface area contributed by atoms with Crippen LogP contribution in [0, 0.1) is 0 Å². The van der Waals surface area contributed by atoms with E-state index in [1.54, 1.807) is 19.2 Å². The maximum Gasteiger partial charge on any atom is 0.163 e. The highest BCUT2D eigenvalue weighted by molar-refractivity contribution is 5.98. The van der Waals surface area contributed by atoms with Crippen LogP contribution in [0.1, 0.15) is 43.5 Å². The van der Waals surface area contributed by atoms with Crippen molar-refractivity contribution in [1.82, 2.24) is 4.98 Å². The normalized spacial score (nSPS) is 24.7. The molecule has 1 aliphatic rings. The highest BCUT2D eigenvalue weighted by Crippen LogP contribution is 2.26. The van der Waals surface area contributed by atoms with E-state index in [1.165, 1.54) is 0 Å². The minimum Gasteiger partial charge on any atom is -0.390 e. The Hall–Kier alpha value is -1.42. The molecule has 4 nitrogen and oxygen atoms in total. The zero-order valence-corrected chi connectivity index (χ0v) is 11.0. The Bertz CT molecular complexity index is 443. The highest BCUT2D eigenvalue weighted by atomic mass is 16.3. The van der Waals surface area contributed by atoms with Crippen molar-refractivity contribution in [2.75, 3.05) is 18.0 Å². The third kappa shape index (κ3) is 2.88. The summed E-state index contributed by atoms with van der Waals surface area (Å²) in [6.45, 7) is 5.02. The number of hydrogen-bond acceptors (Lipinski definition) is 4. The fourth-order valence-electron chi connectivity index (χ4n) is 2.40. The lowest BCUT2D eigenvalue weighted by atomic mass is 9.98. The largest absolute Gasteiger partial charge is 0.390 e. The van der Waals surface area contributed by atoms with Gasteiger partial charge in [-0.3, -0.25) is 4.79 Å². The van der Waals surface area contributed by atoms with Crippen molar-refractivity contribution in [1.29, 1.82) is 0 Å². The van der Waals surface area contributed by atoms with Gasteiger partial charge in [0.25, 0.3) is 0 Å². The first-order valence-corrected chi connectivity index (χ1v) is 6.43. The standard InChI is InChI=1S/C14H20N2O2/c1-11(17)12-5-3-8-15-13(12)16-9-4-6-14(2,18)7-10-16/h3,5,8,18H,4,6-7,9-10H2,1-2H3. The minimum atomic E-state index is -0.597. The van der Waals surface area contributed by atoms with Crippen molar-refractivity contribution in [3.05, 3.63) is 23.9 Å². The van der Waals surface area contributed by atoms with Gasteiger partial charge >= 0.3 is 0 Å². The molecule has 2 rings (SSSR count). The molecule has 4 heteroatoms. The zero-order chi connectivity index (χ0) is 13.2. The molecule has 0 spiro atoms. The molecule has 1 aromatic heterocycles. The Morgan fingerprint density at radius 2 is 2.22 bits per heavy atom. The van der Waals surface area contributed by atoms with Crippen LogP contribution >= 0.6 is 0 Å². The van der Waals surface area contributed by atoms with E-state index in [2.05, 4.69) is 9.88 Å². The van der Waals surface area contributed by atoms with Gasteiger partial charge in [0.05, 0.1) is 11.2 Å². The van der Waals surface area contributed by atoms with E-state index >= 15 is 0 Å². The van der Waals surface area contributed by atoms with Crippen molar-refractivity contribution >= 4 is 11.6 Å². The van der Waals surface area contributed by atoms with Gasteiger partial charge in [0.1, 0.15) is 5.82 Å². The number of carbonyl (C=O) groups excluding carboxylic acids is 1. The van der Waals surface area contributed by atoms with E-state index < -0.39 is 5.60 Å². The topological polar surface area (TPSA) is 53.4 Å². The maximum atomic E-state index is 11.6. The molecular weight excluding hydrogens is 228 g/mol. The highest BCUT2D eigenvalue weighted by Gasteiger charge is 2.26. The van der Waals surface area contributed by atoms with E-state index in [1.807, 2.05) is 13.0 Å². The van der Waals surface area contributed by atoms with Gasteiger partial charge in [-0.2, -0.15) is 0 Å². The molecule has 0 bridgehead atoms. The van der Waals surface area contributed by atoms with Crippen LogP contribution in [-0.2, 0) is 0 Å². The Labute approximate surface area is 108 Å². The average molecular weight is 248 g/mol. The summed E-state index contributed by atoms with van der Waals surface area (Å²) < 4.78 is 0. The molecule has 0 aliphatic carbocycles. The van der Waals surface area contributed by atoms with Crippen LogP contribution in [0.5, 0.6) is 0 Å². The first kappa shape index (κ1) is 13.0. The molecule has 1 atom stereocenters. The van der Waals surface area contributed by atoms with Gasteiger partial charge in [-0.25, -0.2) is 4.98 Å². The third-order valence-corrected chi connectivity index (χ3v) is 3.53. The summed E-state index contributed by atoms with van der Waals surface area (Å²) in [5.74, 6) is 0.789. The summed E-state index contributed by atoms with van der Waals surface area (Å²) in [5.41, 5.74) is 0.0685. The number of nitrogens with zero attached hydrogens (tertiary/aromatic N) is 2. The quantitative estimate of drug-likeness (QED) is 0.814. The molecule has 1 aromatic rings. The van der Waals surface area contributed by atoms with E-state index in [4.69, 9.17) is 0 Å². The molecule has 98 valence electrons. The molecule has 0 aromatic carbocycles. The lowest BCUT2D eigenvalue weighted by molar-refractivity contribution is 0.0481. The summed E-state index contributed by atoms with van der Waals surface area (Å²) in [4.78, 5) is 18.1. The zero-order valence-electron chi connectivity index (χ0n) is 11.0. The fourth-order valence-corrected chi connectivity index (χ4v) is 2.40. The molecule has 1 aliphatic heterocycles. The Morgan fingerprint density at radius 1 is 1.44 bits per heavy atom. The summed E-state index contributed by atoms with van der Waals surface area (Å²) in [5, 5.41) is 10.1. The van der Waals surface area contributed by atoms with Crippen LogP contribution < -0.4 is 4.90 Å². The van der Waals surface area contributed by atoms with Gasteiger partial charge in [-0.1, -0.05) is 0 Å². The van der Waals surface area contributed by atoms with Crippen molar-refractivity contribution in [2.45, 2.75) is 38.7 Å². The first-order chi connectivity index (χ1) is 8.49. The summed E-state index contributed by atoms with van der Waals surface area (Å²) >= 11 is 0. The second-order valence-electron chi connectivity index (χ2n) is 5.27. The van der Waals surface area contributed by atoms with E-state index in [-0.39, 0.29) is 5.78 Å². The van der Waals surface area contributed by atoms with Crippen LogP contribution in [0.3, 0.4) is 0 Å². The van der Waals surface area contributed by atoms with Gasteiger partial charge < -0.3 is 10.0 Å². The fraction of sp³-hybridized carbons (Fsp3) is 0.571. The van der Waals surface area contributed by atoms with Crippen LogP contribution in [-0.4, -0.2) is 34.6 Å². The lowest BCUT2D eigenvalue weighted by Gasteiger charge is -2.24. The minimum absolute atomic E-state index is 0.0362. The number of carbonyl (C=O) groups is 1. The number of anilines is 1. The predicted molar refractivity (Wildman–Crippen MR) is 70.9 cm³/mol. The third-order valence-electron chi connectivity index (χ3n) is 3.53. The molecule has 1 N–H and O–H groups in total. The molecule has 1 saturated heterocycles. The van der Waals surface area contributed by atoms with Crippen molar-refractivity contribution in [3.8, 4) is 0 Å². The molecular formula is C14H20N2O2. The smallest absolute Gasteiger partial charge is 0.163 e. The van der Waals surface area contributed by atoms with Crippen LogP contribution in [0.25, 0.3) is 0 Å². The first-order valence-electron chi connectivity index (χ1n) is 6.43. The summed E-state index contributed by atoms with van der Waals surface area (Å²) in [6, 6.07) is 3.60. The second kappa shape index (κ2) is 5.06. The van der Waals surface area contributed by atoms with E-state index in [0.717, 1.165) is 31.7 Å². The van der Waals surface area contributed by atoms with Crippen molar-refractivity contribution in [3.63, 3.8) is 0 Å². The molecule has 0 amide bonds. The average Bonchev–Trinajstić information content (AvgIpc) is 2.50. The molecule has 2 heterocycles. The number of aliphatic hydroxyl groups is 1. The van der Waals surface area contributed by atoms with Crippen molar-refractivity contribution in [2.24, 2.45) is 0 Å². The molecule has 18 heavy (non-hydrogen) atoms. The van der Waals surface area contributed by atoms with Gasteiger partial charge in [-0.05, 0) is 45.2 Å². The van der Waals surface area contributed by atoms with Gasteiger partial charge in [0.2, 0.25) is 0 Å². The maximum absolute atomic E-state index is 11.6. The number of hydrogen-bond donors (Lipinski definition) is 1. The van der Waals surface area contributed by atoms with Crippen LogP contribution in [0.15, 0.2) is 18.3 Å². The Morgan fingerprint density at radius 3 is 2.94 bits per heavy atom. The van der Waals surface area contributed by atoms with Gasteiger partial charge in [-0.15, -0.1) is 0 Å². The number of Topliss-reactive ketones (excluding diaryl/α,β-unsaturated/α-hetero) is 1. The monoisotopic (exact) mass is 248 g/mol. The predicted octanol–water partition coefficient (Wildman–Crippen LogP) is 2.03.